The number of hydrogen-bond donors (Lipinski definition) is 2. The molecule has 248 valence electrons. The zero-order valence-corrected chi connectivity index (χ0v) is 28.4. The number of rotatable bonds is 3. The molecular formula is C29H43BrN8O7. The molecule has 2 fully saturated rings. The number of nitrogens with one attached hydrogen (secondary N) is 2. The number of likely N-dealkylation sites (N-methyl/N-ethyl adjacent to an activating group) is 1. The van der Waals surface area contributed by atoms with Crippen LogP contribution in [-0.4, -0.2) is 116 Å². The van der Waals surface area contributed by atoms with Gasteiger partial charge in [0.2, 0.25) is 16.5 Å². The summed E-state index contributed by atoms with van der Waals surface area (Å²) in [5, 5.41) is 8.58. The Morgan fingerprint density at radius 1 is 1.11 bits per heavy atom. The molecule has 2 saturated heterocycles. The van der Waals surface area contributed by atoms with Gasteiger partial charge in [0, 0.05) is 32.8 Å². The number of hydrogen-bond acceptors (Lipinski definition) is 10. The average molecular weight is 696 g/mol. The molecule has 1 aromatic rings. The minimum atomic E-state index is -1.12. The van der Waals surface area contributed by atoms with Crippen molar-refractivity contribution in [2.45, 2.75) is 90.1 Å². The van der Waals surface area contributed by atoms with Crippen molar-refractivity contribution in [1.29, 1.82) is 0 Å². The van der Waals surface area contributed by atoms with E-state index in [1.54, 1.807) is 40.1 Å². The lowest BCUT2D eigenvalue weighted by atomic mass is 9.95. The molecule has 1 aromatic heterocycles. The molecule has 0 bridgehead atoms. The summed E-state index contributed by atoms with van der Waals surface area (Å²) in [6.45, 7) is 9.56. The van der Waals surface area contributed by atoms with Gasteiger partial charge in [-0.3, -0.25) is 24.2 Å². The molecule has 4 amide bonds. The molecule has 0 aromatic carbocycles. The third-order valence-corrected chi connectivity index (χ3v) is 8.44. The van der Waals surface area contributed by atoms with E-state index in [1.165, 1.54) is 26.6 Å². The number of likely N-dealkylation sites (tertiary alicyclic amines) is 1. The van der Waals surface area contributed by atoms with Gasteiger partial charge in [0.15, 0.2) is 0 Å². The lowest BCUT2D eigenvalue weighted by Crippen LogP contribution is -2.62. The molecule has 4 heterocycles. The molecule has 0 radical (unpaired) electrons. The van der Waals surface area contributed by atoms with Gasteiger partial charge in [0.25, 0.3) is 5.91 Å². The highest BCUT2D eigenvalue weighted by molar-refractivity contribution is 9.10. The molecule has 15 nitrogen and oxygen atoms in total. The van der Waals surface area contributed by atoms with E-state index in [4.69, 9.17) is 9.47 Å². The summed E-state index contributed by atoms with van der Waals surface area (Å²) in [7, 11) is 2.85. The highest BCUT2D eigenvalue weighted by Crippen LogP contribution is 2.31. The average Bonchev–Trinajstić information content (AvgIpc) is 3.55. The van der Waals surface area contributed by atoms with Crippen LogP contribution in [0, 0.1) is 11.8 Å². The third kappa shape index (κ3) is 7.83. The Labute approximate surface area is 271 Å². The van der Waals surface area contributed by atoms with Crippen LogP contribution in [0.3, 0.4) is 0 Å². The van der Waals surface area contributed by atoms with Crippen molar-refractivity contribution in [2.24, 2.45) is 11.8 Å². The van der Waals surface area contributed by atoms with Gasteiger partial charge in [0.05, 0.1) is 19.1 Å². The van der Waals surface area contributed by atoms with Crippen LogP contribution in [0.25, 0.3) is 6.20 Å². The molecule has 0 unspecified atom stereocenters. The molecule has 16 heteroatoms. The minimum Gasteiger partial charge on any atom is -0.468 e. The van der Waals surface area contributed by atoms with Gasteiger partial charge in [0.1, 0.15) is 29.6 Å². The molecule has 45 heavy (non-hydrogen) atoms. The van der Waals surface area contributed by atoms with Crippen molar-refractivity contribution < 1.29 is 33.4 Å². The molecule has 0 saturated carbocycles. The van der Waals surface area contributed by atoms with Crippen molar-refractivity contribution in [3.8, 4) is 0 Å². The van der Waals surface area contributed by atoms with Gasteiger partial charge in [-0.05, 0) is 68.0 Å². The number of hydrazine groups is 1. The van der Waals surface area contributed by atoms with E-state index in [9.17, 15) is 24.0 Å². The van der Waals surface area contributed by atoms with E-state index in [0.717, 1.165) is 0 Å². The fourth-order valence-corrected chi connectivity index (χ4v) is 6.40. The number of fused-ring (bicyclic) bond motifs is 2. The molecular weight excluding hydrogens is 652 g/mol. The van der Waals surface area contributed by atoms with Gasteiger partial charge in [-0.15, -0.1) is 5.10 Å². The summed E-state index contributed by atoms with van der Waals surface area (Å²) in [6, 6.07) is -3.44. The van der Waals surface area contributed by atoms with Gasteiger partial charge in [-0.1, -0.05) is 13.8 Å². The molecule has 2 N–H and O–H groups in total. The van der Waals surface area contributed by atoms with Crippen molar-refractivity contribution in [2.75, 3.05) is 27.2 Å². The summed E-state index contributed by atoms with van der Waals surface area (Å²) in [5.74, 6) is -2.43. The first-order valence-corrected chi connectivity index (χ1v) is 15.9. The standard InChI is InChI=1S/C29H43BrN8O7/c1-16(2)22-23(39)31-19(25(41)38-12-8-9-18(33-38)26(42)44-7)15-21-32-27(30)34-37(21)14-11-20-17(24(40)35(22)6)10-13-36(20)28(43)45-29(3,4)5/h11,14,16-20,22,33H,8-10,12-13,15H2,1-7H3,(H,31,39)/b14-11-/t17-,18-,19-,20+,22-/m0/s1. The topological polar surface area (TPSA) is 168 Å². The summed E-state index contributed by atoms with van der Waals surface area (Å²) >= 11 is 3.30. The zero-order valence-electron chi connectivity index (χ0n) is 26.8. The highest BCUT2D eigenvalue weighted by atomic mass is 79.9. The van der Waals surface area contributed by atoms with Crippen LogP contribution in [0.4, 0.5) is 4.79 Å². The molecule has 0 spiro atoms. The number of carbonyl (C=O) groups is 5. The van der Waals surface area contributed by atoms with Gasteiger partial charge in [-0.25, -0.2) is 19.9 Å². The largest absolute Gasteiger partial charge is 0.468 e. The van der Waals surface area contributed by atoms with E-state index in [1.807, 2.05) is 13.8 Å². The Hall–Kier alpha value is -3.53. The van der Waals surface area contributed by atoms with Crippen LogP contribution < -0.4 is 10.7 Å². The van der Waals surface area contributed by atoms with E-state index < -0.39 is 59.6 Å². The number of carbonyl (C=O) groups excluding carboxylic acids is 5. The fourth-order valence-electron chi connectivity index (χ4n) is 6.02. The van der Waals surface area contributed by atoms with E-state index in [2.05, 4.69) is 36.8 Å². The minimum absolute atomic E-state index is 0.0546. The summed E-state index contributed by atoms with van der Waals surface area (Å²) in [6.07, 6.45) is 4.11. The normalized spacial score (nSPS) is 27.0. The SMILES string of the molecule is COC(=O)[C@@H]1CCCN(C(=O)[C@@H]2Cc3nc(Br)nn3/C=C\[C@@H]3[C@H](CCN3C(=O)OC(C)(C)C)C(=O)N(C)[C@@H](C(C)C)C(=O)N2)N1. The number of nitrogens with zero attached hydrogens (tertiary/aromatic N) is 6. The van der Waals surface area contributed by atoms with Gasteiger partial charge in [-0.2, -0.15) is 0 Å². The predicted octanol–water partition coefficient (Wildman–Crippen LogP) is 1.33. The van der Waals surface area contributed by atoms with Gasteiger partial charge >= 0.3 is 12.1 Å². The van der Waals surface area contributed by atoms with Crippen molar-refractivity contribution >= 4 is 51.9 Å². The molecule has 3 aliphatic heterocycles. The summed E-state index contributed by atoms with van der Waals surface area (Å²) < 4.78 is 12.2. The Morgan fingerprint density at radius 3 is 2.47 bits per heavy atom. The third-order valence-electron chi connectivity index (χ3n) is 8.10. The fraction of sp³-hybridized carbons (Fsp3) is 0.690. The van der Waals surface area contributed by atoms with E-state index in [0.29, 0.717) is 31.6 Å². The smallest absolute Gasteiger partial charge is 0.410 e. The first kappa shape index (κ1) is 34.3. The van der Waals surface area contributed by atoms with E-state index in [-0.39, 0.29) is 29.5 Å². The lowest BCUT2D eigenvalue weighted by molar-refractivity contribution is -0.151. The lowest BCUT2D eigenvalue weighted by Gasteiger charge is -2.36. The van der Waals surface area contributed by atoms with Crippen molar-refractivity contribution in [3.63, 3.8) is 0 Å². The van der Waals surface area contributed by atoms with Crippen LogP contribution in [0.15, 0.2) is 10.8 Å². The second kappa shape index (κ2) is 13.8. The number of esters is 1. The molecule has 3 aliphatic rings. The van der Waals surface area contributed by atoms with Crippen molar-refractivity contribution in [1.82, 2.24) is 40.3 Å². The zero-order chi connectivity index (χ0) is 33.2. The first-order valence-electron chi connectivity index (χ1n) is 15.1. The first-order chi connectivity index (χ1) is 21.1. The number of aromatic nitrogens is 3. The molecule has 4 rings (SSSR count). The maximum atomic E-state index is 14.0. The van der Waals surface area contributed by atoms with Crippen LogP contribution in [0.2, 0.25) is 0 Å². The second-order valence-corrected chi connectivity index (χ2v) is 13.6. The number of methoxy groups -OCH3 is 1. The Balaban J connectivity index is 1.75. The van der Waals surface area contributed by atoms with Gasteiger partial charge < -0.3 is 24.6 Å². The second-order valence-electron chi connectivity index (χ2n) is 12.9. The predicted molar refractivity (Wildman–Crippen MR) is 165 cm³/mol. The number of ether oxygens (including phenoxy) is 2. The summed E-state index contributed by atoms with van der Waals surface area (Å²) in [5.41, 5.74) is 2.19. The molecule has 5 atom stereocenters. The van der Waals surface area contributed by atoms with Crippen LogP contribution in [0.5, 0.6) is 0 Å². The van der Waals surface area contributed by atoms with Crippen LogP contribution in [0.1, 0.15) is 59.7 Å². The van der Waals surface area contributed by atoms with Crippen molar-refractivity contribution in [3.05, 3.63) is 16.6 Å². The monoisotopic (exact) mass is 694 g/mol. The molecule has 0 aliphatic carbocycles. The maximum Gasteiger partial charge on any atom is 0.410 e. The van der Waals surface area contributed by atoms with Crippen LogP contribution >= 0.6 is 15.9 Å². The number of amides is 4. The Bertz CT molecular complexity index is 1340. The Kier molecular flexibility index (Phi) is 10.6. The van der Waals surface area contributed by atoms with Crippen LogP contribution in [-0.2, 0) is 35.1 Å². The highest BCUT2D eigenvalue weighted by Gasteiger charge is 2.45. The van der Waals surface area contributed by atoms with E-state index >= 15 is 0 Å². The Morgan fingerprint density at radius 2 is 1.82 bits per heavy atom. The number of halogens is 1. The maximum absolute atomic E-state index is 14.0. The summed E-state index contributed by atoms with van der Waals surface area (Å²) in [4.78, 5) is 74.7. The quantitative estimate of drug-likeness (QED) is 0.441.